The van der Waals surface area contributed by atoms with Gasteiger partial charge < -0.3 is 15.6 Å². The molecule has 0 bridgehead atoms. The predicted molar refractivity (Wildman–Crippen MR) is 137 cm³/mol. The number of thiazole rings is 1. The number of nitrogens with two attached hydrogens (primary N) is 1. The van der Waals surface area contributed by atoms with Crippen LogP contribution in [0, 0.1) is 6.92 Å². The van der Waals surface area contributed by atoms with E-state index in [-0.39, 0.29) is 5.91 Å². The van der Waals surface area contributed by atoms with Crippen LogP contribution in [0.25, 0.3) is 16.1 Å². The Kier molecular flexibility index (Phi) is 6.72. The van der Waals surface area contributed by atoms with Gasteiger partial charge in [0.05, 0.1) is 16.9 Å². The van der Waals surface area contributed by atoms with Crippen molar-refractivity contribution in [2.24, 2.45) is 5.73 Å². The molecule has 1 aliphatic heterocycles. The molecular weight excluding hydrogens is 463 g/mol. The number of likely N-dealkylation sites (tertiary alicyclic amines) is 1. The number of aromatic nitrogens is 3. The van der Waals surface area contributed by atoms with E-state index in [0.717, 1.165) is 27.4 Å². The van der Waals surface area contributed by atoms with Crippen molar-refractivity contribution in [3.63, 3.8) is 0 Å². The number of rotatable bonds is 6. The van der Waals surface area contributed by atoms with Gasteiger partial charge in [-0.3, -0.25) is 9.69 Å². The maximum atomic E-state index is 13.8. The quantitative estimate of drug-likeness (QED) is 0.418. The predicted octanol–water partition coefficient (Wildman–Crippen LogP) is 4.43. The number of nitrogens with zero attached hydrogens (tertiary/aromatic N) is 4. The van der Waals surface area contributed by atoms with Gasteiger partial charge in [-0.2, -0.15) is 0 Å². The summed E-state index contributed by atoms with van der Waals surface area (Å²) >= 11 is 1.35. The molecule has 0 aliphatic carbocycles. The number of imidazole rings is 1. The zero-order chi connectivity index (χ0) is 24.4. The molecule has 2 aromatic carbocycles. The molecule has 2 atom stereocenters. The highest BCUT2D eigenvalue weighted by Gasteiger charge is 2.26. The first kappa shape index (κ1) is 23.3. The van der Waals surface area contributed by atoms with E-state index in [4.69, 9.17) is 5.73 Å². The maximum Gasteiger partial charge on any atom is 0.284 e. The van der Waals surface area contributed by atoms with Crippen molar-refractivity contribution in [1.82, 2.24) is 19.4 Å². The second-order valence-corrected chi connectivity index (χ2v) is 9.89. The summed E-state index contributed by atoms with van der Waals surface area (Å²) in [6.45, 7) is 3.68. The van der Waals surface area contributed by atoms with Crippen LogP contribution < -0.4 is 11.1 Å². The molecule has 1 amide bonds. The Labute approximate surface area is 207 Å². The number of hydrogen-bond donors (Lipinski definition) is 2. The summed E-state index contributed by atoms with van der Waals surface area (Å²) in [6, 6.07) is 15.3. The van der Waals surface area contributed by atoms with Crippen molar-refractivity contribution in [3.8, 4) is 16.1 Å². The van der Waals surface area contributed by atoms with Crippen molar-refractivity contribution in [3.05, 3.63) is 83.5 Å². The first-order valence-corrected chi connectivity index (χ1v) is 12.4. The number of alkyl halides is 1. The first-order valence-electron chi connectivity index (χ1n) is 11.5. The minimum absolute atomic E-state index is 0.262. The lowest BCUT2D eigenvalue weighted by molar-refractivity contribution is 0.102. The van der Waals surface area contributed by atoms with E-state index >= 15 is 0 Å². The van der Waals surface area contributed by atoms with Crippen LogP contribution >= 0.6 is 11.3 Å². The molecule has 1 saturated heterocycles. The van der Waals surface area contributed by atoms with Gasteiger partial charge in [-0.05, 0) is 42.7 Å². The largest absolute Gasteiger partial charge is 0.324 e. The summed E-state index contributed by atoms with van der Waals surface area (Å²) < 4.78 is 15.8. The Balaban J connectivity index is 1.39. The average Bonchev–Trinajstić information content (AvgIpc) is 3.52. The van der Waals surface area contributed by atoms with Crippen molar-refractivity contribution in [2.45, 2.75) is 32.1 Å². The van der Waals surface area contributed by atoms with Crippen molar-refractivity contribution in [2.75, 3.05) is 18.4 Å². The Morgan fingerprint density at radius 1 is 1.23 bits per heavy atom. The number of aryl methyl sites for hydroxylation is 1. The van der Waals surface area contributed by atoms with Crippen LogP contribution in [0.15, 0.2) is 67.3 Å². The van der Waals surface area contributed by atoms with E-state index in [0.29, 0.717) is 36.8 Å². The molecule has 0 radical (unpaired) electrons. The third-order valence-electron chi connectivity index (χ3n) is 6.06. The second kappa shape index (κ2) is 10.1. The summed E-state index contributed by atoms with van der Waals surface area (Å²) in [5.41, 5.74) is 10.4. The summed E-state index contributed by atoms with van der Waals surface area (Å²) in [5, 5.41) is 3.40. The van der Waals surface area contributed by atoms with Crippen LogP contribution in [0.1, 0.15) is 27.5 Å². The van der Waals surface area contributed by atoms with E-state index in [1.165, 1.54) is 11.3 Å². The van der Waals surface area contributed by atoms with Gasteiger partial charge in [0.15, 0.2) is 5.01 Å². The van der Waals surface area contributed by atoms with Crippen LogP contribution in [-0.4, -0.2) is 50.6 Å². The minimum Gasteiger partial charge on any atom is -0.324 e. The fourth-order valence-electron chi connectivity index (χ4n) is 4.27. The lowest BCUT2D eigenvalue weighted by Crippen LogP contribution is -2.49. The topological polar surface area (TPSA) is 89.1 Å². The van der Waals surface area contributed by atoms with Crippen LogP contribution in [0.2, 0.25) is 0 Å². The fraction of sp³-hybridized carbons (Fsp3) is 0.269. The fourth-order valence-corrected chi connectivity index (χ4v) is 5.09. The van der Waals surface area contributed by atoms with Crippen LogP contribution in [0.3, 0.4) is 0 Å². The van der Waals surface area contributed by atoms with Gasteiger partial charge in [0.25, 0.3) is 5.91 Å². The van der Waals surface area contributed by atoms with E-state index in [1.807, 2.05) is 60.2 Å². The van der Waals surface area contributed by atoms with E-state index < -0.39 is 12.2 Å². The molecule has 180 valence electrons. The van der Waals surface area contributed by atoms with Crippen molar-refractivity contribution >= 4 is 22.9 Å². The van der Waals surface area contributed by atoms with E-state index in [2.05, 4.69) is 26.3 Å². The molecule has 9 heteroatoms. The normalized spacial score (nSPS) is 18.5. The molecule has 1 fully saturated rings. The Morgan fingerprint density at radius 2 is 2.06 bits per heavy atom. The van der Waals surface area contributed by atoms with Crippen molar-refractivity contribution < 1.29 is 9.18 Å². The van der Waals surface area contributed by atoms with Gasteiger partial charge in [0.1, 0.15) is 6.17 Å². The van der Waals surface area contributed by atoms with E-state index in [1.54, 1.807) is 12.5 Å². The molecule has 3 N–H and O–H groups in total. The molecule has 5 rings (SSSR count). The SMILES string of the molecule is Cc1cn(-c2cc(CN3CC[C@@H](F)[C@H](N)C3)cc(NC(=O)c3ncc(-c4ccccc4)s3)c2)cn1. The van der Waals surface area contributed by atoms with Gasteiger partial charge in [0.2, 0.25) is 0 Å². The molecule has 0 unspecified atom stereocenters. The molecule has 0 saturated carbocycles. The average molecular weight is 491 g/mol. The van der Waals surface area contributed by atoms with Gasteiger partial charge in [-0.1, -0.05) is 30.3 Å². The molecule has 2 aromatic heterocycles. The molecule has 4 aromatic rings. The molecule has 7 nitrogen and oxygen atoms in total. The highest BCUT2D eigenvalue weighted by atomic mass is 32.1. The molecule has 3 heterocycles. The van der Waals surface area contributed by atoms with Gasteiger partial charge in [-0.25, -0.2) is 14.4 Å². The third kappa shape index (κ3) is 5.48. The number of carbonyl (C=O) groups excluding carboxylic acids is 1. The zero-order valence-electron chi connectivity index (χ0n) is 19.4. The summed E-state index contributed by atoms with van der Waals surface area (Å²) in [6.07, 6.45) is 4.88. The number of piperidine rings is 1. The maximum absolute atomic E-state index is 13.8. The van der Waals surface area contributed by atoms with Gasteiger partial charge >= 0.3 is 0 Å². The van der Waals surface area contributed by atoms with E-state index in [9.17, 15) is 9.18 Å². The Bertz CT molecular complexity index is 1320. The lowest BCUT2D eigenvalue weighted by Gasteiger charge is -2.33. The van der Waals surface area contributed by atoms with Gasteiger partial charge in [-0.15, -0.1) is 11.3 Å². The number of nitrogens with one attached hydrogen (secondary N) is 1. The number of hydrogen-bond acceptors (Lipinski definition) is 6. The first-order chi connectivity index (χ1) is 16.9. The summed E-state index contributed by atoms with van der Waals surface area (Å²) in [4.78, 5) is 24.8. The monoisotopic (exact) mass is 490 g/mol. The van der Waals surface area contributed by atoms with Crippen molar-refractivity contribution in [1.29, 1.82) is 0 Å². The molecular formula is C26H27FN6OS. The lowest BCUT2D eigenvalue weighted by atomic mass is 10.0. The third-order valence-corrected chi connectivity index (χ3v) is 7.11. The Hall–Kier alpha value is -3.40. The zero-order valence-corrected chi connectivity index (χ0v) is 20.2. The Morgan fingerprint density at radius 3 is 2.80 bits per heavy atom. The smallest absolute Gasteiger partial charge is 0.284 e. The number of halogens is 1. The standard InChI is InChI=1S/C26H27FN6OS/c1-17-13-33(16-30-17)21-10-18(14-32-8-7-22(27)23(28)15-32)9-20(11-21)31-25(34)26-29-12-24(35-26)19-5-3-2-4-6-19/h2-6,9-13,16,22-23H,7-8,14-15,28H2,1H3,(H,31,34)/t22-,23-/m1/s1. The number of amides is 1. The van der Waals surface area contributed by atoms with Crippen LogP contribution in [0.5, 0.6) is 0 Å². The van der Waals surface area contributed by atoms with Crippen LogP contribution in [-0.2, 0) is 6.54 Å². The highest BCUT2D eigenvalue weighted by Crippen LogP contribution is 2.27. The molecule has 35 heavy (non-hydrogen) atoms. The minimum atomic E-state index is -0.958. The second-order valence-electron chi connectivity index (χ2n) is 8.86. The highest BCUT2D eigenvalue weighted by molar-refractivity contribution is 7.17. The summed E-state index contributed by atoms with van der Waals surface area (Å²) in [7, 11) is 0. The van der Waals surface area contributed by atoms with Gasteiger partial charge in [0, 0.05) is 49.4 Å². The van der Waals surface area contributed by atoms with Crippen LogP contribution in [0.4, 0.5) is 10.1 Å². The molecule has 1 aliphatic rings. The summed E-state index contributed by atoms with van der Waals surface area (Å²) in [5.74, 6) is -0.262. The molecule has 0 spiro atoms. The number of carbonyl (C=O) groups is 1. The number of anilines is 1. The number of benzene rings is 2.